The van der Waals surface area contributed by atoms with Crippen molar-refractivity contribution in [2.75, 3.05) is 6.54 Å². The molecule has 0 fully saturated rings. The number of aryl methyl sites for hydroxylation is 2. The molecule has 0 saturated heterocycles. The highest BCUT2D eigenvalue weighted by atomic mass is 16.5. The van der Waals surface area contributed by atoms with Crippen LogP contribution in [0.5, 0.6) is 11.6 Å². The van der Waals surface area contributed by atoms with E-state index in [2.05, 4.69) is 79.1 Å². The predicted octanol–water partition coefficient (Wildman–Crippen LogP) is 5.67. The number of hydrogen-bond acceptors (Lipinski definition) is 7. The minimum atomic E-state index is -1.07. The summed E-state index contributed by atoms with van der Waals surface area (Å²) in [5.41, 5.74) is 4.20. The largest absolute Gasteiger partial charge is 0.493 e. The van der Waals surface area contributed by atoms with E-state index in [0.29, 0.717) is 31.1 Å². The highest BCUT2D eigenvalue weighted by Crippen LogP contribution is 2.57. The highest BCUT2D eigenvalue weighted by Gasteiger charge is 2.52. The molecule has 0 saturated carbocycles. The number of allylic oxidation sites excluding steroid dienone is 1. The lowest BCUT2D eigenvalue weighted by Gasteiger charge is -2.47. The molecule has 42 heavy (non-hydrogen) atoms. The number of pyridine rings is 1. The lowest BCUT2D eigenvalue weighted by atomic mass is 9.55. The average Bonchev–Trinajstić information content (AvgIpc) is 3.19. The maximum atomic E-state index is 12.8. The number of aromatic hydroxyl groups is 1. The van der Waals surface area contributed by atoms with E-state index in [1.165, 1.54) is 0 Å². The molecular formula is C33H43N5O4. The highest BCUT2D eigenvalue weighted by molar-refractivity contribution is 5.76. The van der Waals surface area contributed by atoms with Crippen molar-refractivity contribution in [3.63, 3.8) is 0 Å². The van der Waals surface area contributed by atoms with Gasteiger partial charge in [-0.05, 0) is 55.5 Å². The molecule has 9 heteroatoms. The zero-order chi connectivity index (χ0) is 30.6. The monoisotopic (exact) mass is 573 g/mol. The Hall–Kier alpha value is -3.72. The zero-order valence-corrected chi connectivity index (χ0v) is 25.9. The first-order valence-electron chi connectivity index (χ1n) is 14.7. The molecule has 3 aromatic rings. The average molecular weight is 574 g/mol. The van der Waals surface area contributed by atoms with Crippen LogP contribution in [0.25, 0.3) is 6.08 Å². The second kappa shape index (κ2) is 10.8. The summed E-state index contributed by atoms with van der Waals surface area (Å²) in [4.78, 5) is 19.5. The molecule has 5 rings (SSSR count). The number of aromatic nitrogens is 4. The summed E-state index contributed by atoms with van der Waals surface area (Å²) < 4.78 is 8.11. The third-order valence-corrected chi connectivity index (χ3v) is 9.59. The minimum absolute atomic E-state index is 0.0219. The van der Waals surface area contributed by atoms with Gasteiger partial charge in [0, 0.05) is 50.0 Å². The van der Waals surface area contributed by atoms with Crippen LogP contribution >= 0.6 is 0 Å². The van der Waals surface area contributed by atoms with E-state index < -0.39 is 16.8 Å². The fraction of sp³-hybridized carbons (Fsp3) is 0.515. The normalized spacial score (nSPS) is 23.2. The Morgan fingerprint density at radius 2 is 1.98 bits per heavy atom. The molecule has 1 aliphatic heterocycles. The van der Waals surface area contributed by atoms with Crippen LogP contribution in [-0.2, 0) is 24.9 Å². The van der Waals surface area contributed by atoms with Crippen molar-refractivity contribution in [1.82, 2.24) is 24.9 Å². The molecule has 1 aromatic carbocycles. The van der Waals surface area contributed by atoms with Crippen LogP contribution in [0, 0.1) is 23.7 Å². The summed E-state index contributed by atoms with van der Waals surface area (Å²) in [6.45, 7) is 16.2. The van der Waals surface area contributed by atoms with Crippen LogP contribution in [0.1, 0.15) is 87.2 Å². The number of aliphatic carboxylic acids is 1. The Morgan fingerprint density at radius 3 is 2.67 bits per heavy atom. The van der Waals surface area contributed by atoms with E-state index in [9.17, 15) is 15.0 Å². The summed E-state index contributed by atoms with van der Waals surface area (Å²) >= 11 is 0. The smallest absolute Gasteiger partial charge is 0.309 e. The third-order valence-electron chi connectivity index (χ3n) is 9.59. The minimum Gasteiger partial charge on any atom is -0.493 e. The number of nitrogens with zero attached hydrogens (tertiary/aromatic N) is 5. The maximum Gasteiger partial charge on any atom is 0.309 e. The van der Waals surface area contributed by atoms with Crippen LogP contribution in [0.15, 0.2) is 36.4 Å². The standard InChI is InChI=1S/C33H43N5O4/c1-19(2)27-18-38(17-24-26(42-27)11-12-28(39)34-24)16-23-15-22(10-9-20(23)3)30(32(5,6)31(40)41)33(7)14-13-25-29(21(33)4)35-36-37(25)8/h9-15,19,21,27,30H,16-18H2,1-8H3,(H,34,39)(H,40,41)/t21?,27-,30+,33?/m0/s1. The van der Waals surface area contributed by atoms with Gasteiger partial charge in [-0.2, -0.15) is 0 Å². The number of benzene rings is 1. The summed E-state index contributed by atoms with van der Waals surface area (Å²) in [5, 5.41) is 29.3. The first kappa shape index (κ1) is 29.8. The van der Waals surface area contributed by atoms with Crippen molar-refractivity contribution in [3.8, 4) is 11.6 Å². The molecule has 2 unspecified atom stereocenters. The molecule has 2 N–H and O–H groups in total. The number of hydrogen-bond donors (Lipinski definition) is 2. The number of carboxylic acids is 1. The fourth-order valence-corrected chi connectivity index (χ4v) is 6.78. The van der Waals surface area contributed by atoms with Crippen LogP contribution in [0.4, 0.5) is 0 Å². The molecule has 0 spiro atoms. The van der Waals surface area contributed by atoms with Gasteiger partial charge < -0.3 is 14.9 Å². The van der Waals surface area contributed by atoms with Crippen LogP contribution < -0.4 is 4.74 Å². The van der Waals surface area contributed by atoms with E-state index in [4.69, 9.17) is 4.74 Å². The SMILES string of the molecule is Cc1ccc([C@H](C(C)(C)C(=O)O)C2(C)C=Cc3c(nnn3C)C2C)cc1CN1Cc2nc(O)ccc2O[C@H](C(C)C)C1. The van der Waals surface area contributed by atoms with Gasteiger partial charge in [0.2, 0.25) is 5.88 Å². The first-order chi connectivity index (χ1) is 19.7. The molecule has 1 aliphatic carbocycles. The zero-order valence-electron chi connectivity index (χ0n) is 25.9. The van der Waals surface area contributed by atoms with Crippen molar-refractivity contribution in [3.05, 3.63) is 70.2 Å². The second-order valence-corrected chi connectivity index (χ2v) is 13.2. The van der Waals surface area contributed by atoms with Crippen molar-refractivity contribution < 1.29 is 19.7 Å². The molecule has 0 radical (unpaired) electrons. The van der Waals surface area contributed by atoms with Crippen LogP contribution in [0.3, 0.4) is 0 Å². The van der Waals surface area contributed by atoms with Gasteiger partial charge in [-0.1, -0.05) is 57.2 Å². The van der Waals surface area contributed by atoms with Gasteiger partial charge in [0.1, 0.15) is 17.5 Å². The first-order valence-corrected chi connectivity index (χ1v) is 14.7. The number of carbonyl (C=O) groups is 1. The Labute approximate surface area is 248 Å². The van der Waals surface area contributed by atoms with Gasteiger partial charge in [-0.3, -0.25) is 9.69 Å². The van der Waals surface area contributed by atoms with E-state index in [1.54, 1.807) is 16.8 Å². The maximum absolute atomic E-state index is 12.8. The molecule has 0 amide bonds. The van der Waals surface area contributed by atoms with Gasteiger partial charge in [-0.25, -0.2) is 9.67 Å². The molecule has 3 heterocycles. The summed E-state index contributed by atoms with van der Waals surface area (Å²) in [6, 6.07) is 9.74. The van der Waals surface area contributed by atoms with Crippen molar-refractivity contribution >= 4 is 12.0 Å². The third kappa shape index (κ3) is 5.19. The van der Waals surface area contributed by atoms with Crippen LogP contribution in [-0.4, -0.2) is 53.7 Å². The predicted molar refractivity (Wildman–Crippen MR) is 161 cm³/mol. The van der Waals surface area contributed by atoms with Crippen molar-refractivity contribution in [1.29, 1.82) is 0 Å². The summed E-state index contributed by atoms with van der Waals surface area (Å²) in [5.74, 6) is -0.273. The molecule has 9 nitrogen and oxygen atoms in total. The fourth-order valence-electron chi connectivity index (χ4n) is 6.78. The number of fused-ring (bicyclic) bond motifs is 2. The van der Waals surface area contributed by atoms with E-state index in [0.717, 1.165) is 28.1 Å². The van der Waals surface area contributed by atoms with E-state index in [1.807, 2.05) is 27.0 Å². The molecule has 224 valence electrons. The second-order valence-electron chi connectivity index (χ2n) is 13.2. The van der Waals surface area contributed by atoms with Gasteiger partial charge in [0.15, 0.2) is 0 Å². The van der Waals surface area contributed by atoms with Crippen molar-refractivity contribution in [2.45, 2.75) is 79.5 Å². The van der Waals surface area contributed by atoms with Gasteiger partial charge in [0.25, 0.3) is 0 Å². The molecule has 4 atom stereocenters. The van der Waals surface area contributed by atoms with Gasteiger partial charge in [0.05, 0.1) is 16.8 Å². The van der Waals surface area contributed by atoms with E-state index >= 15 is 0 Å². The summed E-state index contributed by atoms with van der Waals surface area (Å²) in [6.07, 6.45) is 4.17. The Morgan fingerprint density at radius 1 is 1.24 bits per heavy atom. The van der Waals surface area contributed by atoms with Gasteiger partial charge >= 0.3 is 5.97 Å². The van der Waals surface area contributed by atoms with Crippen LogP contribution in [0.2, 0.25) is 0 Å². The topological polar surface area (TPSA) is 114 Å². The summed E-state index contributed by atoms with van der Waals surface area (Å²) in [7, 11) is 1.88. The van der Waals surface area contributed by atoms with Crippen molar-refractivity contribution in [2.24, 2.45) is 23.8 Å². The Kier molecular flexibility index (Phi) is 7.68. The molecular weight excluding hydrogens is 530 g/mol. The van der Waals surface area contributed by atoms with E-state index in [-0.39, 0.29) is 29.7 Å². The lowest BCUT2D eigenvalue weighted by Crippen LogP contribution is -2.43. The molecule has 2 aliphatic rings. The lowest BCUT2D eigenvalue weighted by molar-refractivity contribution is -0.150. The number of carboxylic acid groups (broad SMARTS) is 1. The number of ether oxygens (including phenoxy) is 1. The Balaban J connectivity index is 1.55. The number of rotatable bonds is 7. The molecule has 0 bridgehead atoms. The quantitative estimate of drug-likeness (QED) is 0.372. The molecule has 2 aromatic heterocycles. The van der Waals surface area contributed by atoms with Gasteiger partial charge in [-0.15, -0.1) is 5.10 Å². The Bertz CT molecular complexity index is 1530.